The monoisotopic (exact) mass is 527 g/mol. The van der Waals surface area contributed by atoms with Gasteiger partial charge in [-0.3, -0.25) is 15.1 Å². The first-order chi connectivity index (χ1) is 16.2. The van der Waals surface area contributed by atoms with Gasteiger partial charge in [-0.1, -0.05) is 26.0 Å². The highest BCUT2D eigenvalue weighted by Crippen LogP contribution is 2.40. The van der Waals surface area contributed by atoms with Crippen molar-refractivity contribution in [1.29, 1.82) is 0 Å². The lowest BCUT2D eigenvalue weighted by molar-refractivity contribution is -0.110. The van der Waals surface area contributed by atoms with Crippen molar-refractivity contribution < 1.29 is 14.3 Å². The van der Waals surface area contributed by atoms with Crippen LogP contribution < -0.4 is 16.0 Å². The first-order valence-corrected chi connectivity index (χ1v) is 12.2. The van der Waals surface area contributed by atoms with Gasteiger partial charge in [0.15, 0.2) is 0 Å². The molecule has 0 fully saturated rings. The summed E-state index contributed by atoms with van der Waals surface area (Å²) in [6.07, 6.45) is 7.21. The lowest BCUT2D eigenvalue weighted by atomic mass is 9.76. The molecule has 1 atom stereocenters. The molecule has 4 rings (SSSR count). The summed E-state index contributed by atoms with van der Waals surface area (Å²) in [4.78, 5) is 33.0. The summed E-state index contributed by atoms with van der Waals surface area (Å²) in [5.41, 5.74) is 5.02. The average Bonchev–Trinajstić information content (AvgIpc) is 3.26. The first-order valence-electron chi connectivity index (χ1n) is 11.5. The normalized spacial score (nSPS) is 21.4. The summed E-state index contributed by atoms with van der Waals surface area (Å²) in [7, 11) is 1.32. The average molecular weight is 528 g/mol. The molecule has 0 bridgehead atoms. The van der Waals surface area contributed by atoms with Gasteiger partial charge in [-0.15, -0.1) is 0 Å². The molecule has 2 aliphatic heterocycles. The lowest BCUT2D eigenvalue weighted by Gasteiger charge is -2.30. The van der Waals surface area contributed by atoms with Gasteiger partial charge in [-0.2, -0.15) is 0 Å². The molecular formula is C25H30BrN5O3. The zero-order valence-electron chi connectivity index (χ0n) is 19.7. The van der Waals surface area contributed by atoms with Crippen LogP contribution in [-0.2, 0) is 9.53 Å². The molecule has 0 spiro atoms. The number of methoxy groups -OCH3 is 1. The quantitative estimate of drug-likeness (QED) is 0.493. The highest BCUT2D eigenvalue weighted by Gasteiger charge is 2.26. The number of aliphatic imine (C=N–C) groups is 2. The van der Waals surface area contributed by atoms with Crippen LogP contribution in [0.3, 0.4) is 0 Å². The molecule has 0 saturated heterocycles. The number of benzene rings is 1. The Morgan fingerprint density at radius 1 is 1.24 bits per heavy atom. The van der Waals surface area contributed by atoms with Gasteiger partial charge in [0, 0.05) is 30.1 Å². The molecule has 34 heavy (non-hydrogen) atoms. The second-order valence-corrected chi connectivity index (χ2v) is 10.3. The van der Waals surface area contributed by atoms with Crippen LogP contribution in [0, 0.1) is 5.41 Å². The molecule has 3 aliphatic rings. The molecule has 0 aromatic heterocycles. The minimum absolute atomic E-state index is 0.145. The Morgan fingerprint density at radius 3 is 2.68 bits per heavy atom. The molecule has 2 heterocycles. The van der Waals surface area contributed by atoms with E-state index in [2.05, 4.69) is 72.6 Å². The number of rotatable bonds is 4. The molecule has 2 amide bonds. The van der Waals surface area contributed by atoms with E-state index >= 15 is 0 Å². The zero-order valence-corrected chi connectivity index (χ0v) is 21.3. The number of amides is 2. The maximum Gasteiger partial charge on any atom is 0.413 e. The van der Waals surface area contributed by atoms with Crippen molar-refractivity contribution in [1.82, 2.24) is 10.6 Å². The van der Waals surface area contributed by atoms with E-state index in [4.69, 9.17) is 0 Å². The van der Waals surface area contributed by atoms with E-state index in [1.165, 1.54) is 12.7 Å². The molecule has 1 aliphatic carbocycles. The zero-order chi connectivity index (χ0) is 24.3. The Balaban J connectivity index is 1.58. The Bertz CT molecular complexity index is 1120. The summed E-state index contributed by atoms with van der Waals surface area (Å²) < 4.78 is 5.32. The van der Waals surface area contributed by atoms with Crippen molar-refractivity contribution in [3.63, 3.8) is 0 Å². The summed E-state index contributed by atoms with van der Waals surface area (Å²) >= 11 is 3.33. The van der Waals surface area contributed by atoms with Crippen LogP contribution >= 0.6 is 15.9 Å². The Labute approximate surface area is 208 Å². The molecule has 0 saturated carbocycles. The van der Waals surface area contributed by atoms with Crippen LogP contribution in [0.2, 0.25) is 0 Å². The van der Waals surface area contributed by atoms with Crippen LogP contribution in [0.25, 0.3) is 5.57 Å². The third-order valence-corrected chi connectivity index (χ3v) is 6.94. The maximum atomic E-state index is 12.8. The summed E-state index contributed by atoms with van der Waals surface area (Å²) in [5.74, 6) is 0.382. The van der Waals surface area contributed by atoms with E-state index in [0.29, 0.717) is 35.8 Å². The summed E-state index contributed by atoms with van der Waals surface area (Å²) in [5, 5.41) is 8.82. The number of carbonyl (C=O) groups is 2. The number of nitrogens with zero attached hydrogens (tertiary/aromatic N) is 2. The smallest absolute Gasteiger partial charge is 0.413 e. The number of ether oxygens (including phenoxy) is 1. The molecular weight excluding hydrogens is 498 g/mol. The second-order valence-electron chi connectivity index (χ2n) is 9.53. The van der Waals surface area contributed by atoms with Gasteiger partial charge >= 0.3 is 6.09 Å². The molecule has 1 aromatic rings. The molecule has 1 aromatic carbocycles. The third kappa shape index (κ3) is 5.75. The second kappa shape index (κ2) is 10.1. The largest absolute Gasteiger partial charge is 0.453 e. The Morgan fingerprint density at radius 2 is 2.06 bits per heavy atom. The van der Waals surface area contributed by atoms with Gasteiger partial charge in [-0.05, 0) is 70.0 Å². The van der Waals surface area contributed by atoms with E-state index in [0.717, 1.165) is 36.1 Å². The minimum Gasteiger partial charge on any atom is -0.453 e. The van der Waals surface area contributed by atoms with E-state index < -0.39 is 6.09 Å². The van der Waals surface area contributed by atoms with Crippen molar-refractivity contribution in [2.75, 3.05) is 25.5 Å². The third-order valence-electron chi connectivity index (χ3n) is 6.44. The highest BCUT2D eigenvalue weighted by atomic mass is 79.9. The first kappa shape index (κ1) is 24.2. The van der Waals surface area contributed by atoms with Crippen LogP contribution in [0.15, 0.2) is 44.9 Å². The molecule has 3 N–H and O–H groups in total. The van der Waals surface area contributed by atoms with Gasteiger partial charge < -0.3 is 15.4 Å². The van der Waals surface area contributed by atoms with Crippen molar-refractivity contribution >= 4 is 50.9 Å². The van der Waals surface area contributed by atoms with Gasteiger partial charge in [-0.25, -0.2) is 9.79 Å². The predicted octanol–water partition coefficient (Wildman–Crippen LogP) is 4.70. The number of hydrogen-bond acceptors (Lipinski definition) is 6. The van der Waals surface area contributed by atoms with Crippen molar-refractivity contribution in [2.45, 2.75) is 45.4 Å². The fourth-order valence-electron chi connectivity index (χ4n) is 4.25. The minimum atomic E-state index is -0.548. The number of hydrogen-bond donors (Lipinski definition) is 3. The number of alkyl carbamates (subject to hydrolysis) is 1. The molecule has 9 heteroatoms. The van der Waals surface area contributed by atoms with Crippen molar-refractivity contribution in [3.05, 3.63) is 46.1 Å². The van der Waals surface area contributed by atoms with E-state index in [1.807, 2.05) is 18.2 Å². The summed E-state index contributed by atoms with van der Waals surface area (Å²) in [6.45, 7) is 5.75. The van der Waals surface area contributed by atoms with Gasteiger partial charge in [0.05, 0.1) is 13.7 Å². The van der Waals surface area contributed by atoms with Gasteiger partial charge in [0.25, 0.3) is 5.91 Å². The fraction of sp³-hybridized carbons (Fsp3) is 0.440. The van der Waals surface area contributed by atoms with E-state index in [9.17, 15) is 9.59 Å². The Kier molecular flexibility index (Phi) is 7.21. The van der Waals surface area contributed by atoms with Gasteiger partial charge in [0.1, 0.15) is 10.3 Å². The van der Waals surface area contributed by atoms with Crippen LogP contribution in [0.1, 0.15) is 56.6 Å². The topological polar surface area (TPSA) is 104 Å². The van der Waals surface area contributed by atoms with Crippen LogP contribution in [0.5, 0.6) is 0 Å². The molecule has 180 valence electrons. The number of guanidine groups is 1. The van der Waals surface area contributed by atoms with E-state index in [1.54, 1.807) is 0 Å². The fourth-order valence-corrected chi connectivity index (χ4v) is 4.62. The molecule has 8 nitrogen and oxygen atoms in total. The number of halogens is 1. The van der Waals surface area contributed by atoms with Crippen LogP contribution in [0.4, 0.5) is 10.5 Å². The molecule has 1 unspecified atom stereocenters. The van der Waals surface area contributed by atoms with Crippen molar-refractivity contribution in [3.8, 4) is 0 Å². The number of anilines is 1. The highest BCUT2D eigenvalue weighted by molar-refractivity contribution is 9.11. The number of carbonyl (C=O) groups excluding carboxylic acids is 2. The number of nitrogens with one attached hydrogen (secondary N) is 3. The Hall–Kier alpha value is -2.94. The SMILES string of the molecule is COC(=O)NC1=NCC(c2ccc(NC(=O)C3=NC(Br)=CC3)c(C3=CCC(C)(C)CC3)c2)CN1. The number of allylic oxidation sites excluding steroid dienone is 3. The van der Waals surface area contributed by atoms with Crippen molar-refractivity contribution in [2.24, 2.45) is 15.4 Å². The van der Waals surface area contributed by atoms with E-state index in [-0.39, 0.29) is 17.2 Å². The van der Waals surface area contributed by atoms with Crippen LogP contribution in [-0.4, -0.2) is 43.9 Å². The van der Waals surface area contributed by atoms with Gasteiger partial charge in [0.2, 0.25) is 5.96 Å². The predicted molar refractivity (Wildman–Crippen MR) is 138 cm³/mol. The lowest BCUT2D eigenvalue weighted by Crippen LogP contribution is -2.45. The molecule has 0 radical (unpaired) electrons. The summed E-state index contributed by atoms with van der Waals surface area (Å²) in [6, 6.07) is 6.19. The standard InChI is InChI=1S/C25H30BrN5O3/c1-25(2)10-8-15(9-11-25)18-12-16(17-13-27-23(28-14-17)31-24(33)34-3)4-5-19(18)30-22(32)20-6-7-21(26)29-20/h4-5,7-8,12,17H,6,9-11,13-14H2,1-3H3,(H,30,32)(H2,27,28,31,33). The maximum absolute atomic E-state index is 12.8.